The Morgan fingerprint density at radius 1 is 0.750 bits per heavy atom. The maximum Gasteiger partial charge on any atom is 4.00 e. The molecule has 0 saturated heterocycles. The van der Waals surface area contributed by atoms with E-state index in [2.05, 4.69) is 6.07 Å². The molecular weight excluding hydrogens is 280 g/mol. The molecule has 1 nitrogen and oxygen atoms in total. The molecule has 102 valence electrons. The van der Waals surface area contributed by atoms with E-state index < -0.39 is 0 Å². The number of rotatable bonds is 0. The Morgan fingerprint density at radius 2 is 1.10 bits per heavy atom. The van der Waals surface area contributed by atoms with Gasteiger partial charge in [0, 0.05) is 0 Å². The molecule has 0 aliphatic carbocycles. The van der Waals surface area contributed by atoms with Crippen molar-refractivity contribution < 1.29 is 26.8 Å². The van der Waals surface area contributed by atoms with Gasteiger partial charge in [-0.3, -0.25) is 0 Å². The van der Waals surface area contributed by atoms with E-state index in [4.69, 9.17) is 5.11 Å². The van der Waals surface area contributed by atoms with Gasteiger partial charge >= 0.3 is 21.7 Å². The molecule has 0 spiro atoms. The van der Waals surface area contributed by atoms with Gasteiger partial charge in [0.1, 0.15) is 0 Å². The molecule has 3 aromatic rings. The summed E-state index contributed by atoms with van der Waals surface area (Å²) in [6.45, 7) is 1.57. The zero-order chi connectivity index (χ0) is 14.0. The number of hydrogen-bond donors (Lipinski definition) is 0. The van der Waals surface area contributed by atoms with Gasteiger partial charge in [-0.05, 0) is 0 Å². The Kier molecular flexibility index (Phi) is 20.8. The summed E-state index contributed by atoms with van der Waals surface area (Å²) in [6, 6.07) is 32.5. The van der Waals surface area contributed by atoms with Crippen molar-refractivity contribution >= 4 is 0 Å². The molecule has 0 unspecified atom stereocenters. The van der Waals surface area contributed by atoms with Gasteiger partial charge in [0.2, 0.25) is 0 Å². The SMILES string of the molecule is CC[O-].[Ti+4].[c-]1ccccc1.c1cc[cH-]c1.c1cc[cH-]c1. The molecule has 0 saturated carbocycles. The smallest absolute Gasteiger partial charge is 0.855 e. The second-order valence-electron chi connectivity index (χ2n) is 3.29. The Morgan fingerprint density at radius 3 is 1.20 bits per heavy atom. The minimum absolute atomic E-state index is 0. The first-order valence-electron chi connectivity index (χ1n) is 6.24. The summed E-state index contributed by atoms with van der Waals surface area (Å²) in [5.74, 6) is 0. The van der Waals surface area contributed by atoms with Crippen LogP contribution in [0.4, 0.5) is 0 Å². The number of benzene rings is 1. The van der Waals surface area contributed by atoms with Gasteiger partial charge in [0.05, 0.1) is 0 Å². The summed E-state index contributed by atoms with van der Waals surface area (Å²) < 4.78 is 0. The molecule has 0 aliphatic heterocycles. The van der Waals surface area contributed by atoms with Crippen molar-refractivity contribution in [2.24, 2.45) is 0 Å². The third kappa shape index (κ3) is 18.9. The molecule has 3 rings (SSSR count). The minimum atomic E-state index is 0. The fraction of sp³-hybridized carbons (Fsp3) is 0.111. The van der Waals surface area contributed by atoms with Crippen molar-refractivity contribution in [1.29, 1.82) is 0 Å². The zero-order valence-electron chi connectivity index (χ0n) is 11.8. The molecule has 0 heterocycles. The first-order chi connectivity index (χ1) is 9.41. The molecule has 0 N–H and O–H groups in total. The topological polar surface area (TPSA) is 23.1 Å². The van der Waals surface area contributed by atoms with Crippen LogP contribution in [0.2, 0.25) is 0 Å². The Balaban J connectivity index is 0. The van der Waals surface area contributed by atoms with Gasteiger partial charge in [-0.25, -0.2) is 24.3 Å². The van der Waals surface area contributed by atoms with E-state index in [1.807, 2.05) is 91.0 Å². The molecule has 0 fully saturated rings. The largest absolute Gasteiger partial charge is 4.00 e. The predicted molar refractivity (Wildman–Crippen MR) is 79.9 cm³/mol. The van der Waals surface area contributed by atoms with Crippen LogP contribution in [0.15, 0.2) is 91.0 Å². The van der Waals surface area contributed by atoms with E-state index >= 15 is 0 Å². The van der Waals surface area contributed by atoms with Gasteiger partial charge in [0.25, 0.3) is 0 Å². The molecule has 0 aliphatic rings. The van der Waals surface area contributed by atoms with Crippen LogP contribution in [0.3, 0.4) is 0 Å². The quantitative estimate of drug-likeness (QED) is 0.459. The van der Waals surface area contributed by atoms with E-state index in [-0.39, 0.29) is 28.3 Å². The van der Waals surface area contributed by atoms with Crippen LogP contribution in [-0.2, 0) is 21.7 Å². The summed E-state index contributed by atoms with van der Waals surface area (Å²) >= 11 is 0. The average molecular weight is 300 g/mol. The average Bonchev–Trinajstić information content (AvgIpc) is 3.20. The monoisotopic (exact) mass is 300 g/mol. The zero-order valence-corrected chi connectivity index (χ0v) is 13.3. The molecule has 0 amide bonds. The molecule has 0 bridgehead atoms. The first kappa shape index (κ1) is 20.9. The third-order valence-corrected chi connectivity index (χ3v) is 1.72. The molecule has 2 heteroatoms. The van der Waals surface area contributed by atoms with Crippen LogP contribution in [0.25, 0.3) is 0 Å². The maximum absolute atomic E-state index is 8.93. The van der Waals surface area contributed by atoms with E-state index in [1.165, 1.54) is 0 Å². The van der Waals surface area contributed by atoms with Crippen molar-refractivity contribution in [3.63, 3.8) is 0 Å². The standard InChI is InChI=1S/C6H5.2C5H5.C2H5O.Ti/c1-2-4-6-5-3-1;2*1-2-4-5-3-1;1-2-3;/h1-5H;2*1-5H;2H2,1H3;/q4*-1;+4. The molecule has 0 atom stereocenters. The molecular formula is C18H20OTi. The predicted octanol–water partition coefficient (Wildman–Crippen LogP) is 3.66. The molecule has 3 aromatic carbocycles. The van der Waals surface area contributed by atoms with E-state index in [1.54, 1.807) is 6.92 Å². The number of hydrogen-bond acceptors (Lipinski definition) is 1. The summed E-state index contributed by atoms with van der Waals surface area (Å²) in [5, 5.41) is 8.93. The summed E-state index contributed by atoms with van der Waals surface area (Å²) in [6.07, 6.45) is 0. The molecule has 20 heavy (non-hydrogen) atoms. The van der Waals surface area contributed by atoms with Crippen LogP contribution >= 0.6 is 0 Å². The Bertz CT molecular complexity index is 316. The Hall–Kier alpha value is -1.41. The van der Waals surface area contributed by atoms with Crippen molar-refractivity contribution in [2.75, 3.05) is 6.61 Å². The van der Waals surface area contributed by atoms with E-state index in [0.717, 1.165) is 0 Å². The van der Waals surface area contributed by atoms with Crippen molar-refractivity contribution in [2.45, 2.75) is 6.92 Å². The molecule has 0 aromatic heterocycles. The van der Waals surface area contributed by atoms with Crippen LogP contribution in [-0.4, -0.2) is 6.61 Å². The van der Waals surface area contributed by atoms with Gasteiger partial charge in [-0.1, -0.05) is 6.92 Å². The second-order valence-corrected chi connectivity index (χ2v) is 3.29. The van der Waals surface area contributed by atoms with Gasteiger partial charge < -0.3 is 5.11 Å². The Labute approximate surface area is 137 Å². The van der Waals surface area contributed by atoms with Crippen LogP contribution in [0.1, 0.15) is 6.92 Å². The summed E-state index contributed by atoms with van der Waals surface area (Å²) in [5.41, 5.74) is 0. The summed E-state index contributed by atoms with van der Waals surface area (Å²) in [7, 11) is 0. The molecule has 0 radical (unpaired) electrons. The van der Waals surface area contributed by atoms with Crippen molar-refractivity contribution in [1.82, 2.24) is 0 Å². The second kappa shape index (κ2) is 19.9. The van der Waals surface area contributed by atoms with Crippen LogP contribution in [0.5, 0.6) is 0 Å². The van der Waals surface area contributed by atoms with Crippen LogP contribution < -0.4 is 5.11 Å². The van der Waals surface area contributed by atoms with E-state index in [9.17, 15) is 0 Å². The minimum Gasteiger partial charge on any atom is -0.855 e. The third-order valence-electron chi connectivity index (χ3n) is 1.72. The summed E-state index contributed by atoms with van der Waals surface area (Å²) in [4.78, 5) is 0. The fourth-order valence-corrected chi connectivity index (χ4v) is 0.983. The van der Waals surface area contributed by atoms with Crippen molar-refractivity contribution in [3.05, 3.63) is 97.1 Å². The van der Waals surface area contributed by atoms with Crippen molar-refractivity contribution in [3.8, 4) is 0 Å². The first-order valence-corrected chi connectivity index (χ1v) is 6.24. The normalized spacial score (nSPS) is 7.30. The van der Waals surface area contributed by atoms with Gasteiger partial charge in [-0.15, -0.1) is 6.61 Å². The van der Waals surface area contributed by atoms with E-state index in [0.29, 0.717) is 0 Å². The fourth-order valence-electron chi connectivity index (χ4n) is 0.983. The van der Waals surface area contributed by atoms with Gasteiger partial charge in [0.15, 0.2) is 0 Å². The van der Waals surface area contributed by atoms with Crippen LogP contribution in [0, 0.1) is 6.07 Å². The van der Waals surface area contributed by atoms with Gasteiger partial charge in [-0.2, -0.15) is 72.8 Å². The maximum atomic E-state index is 8.93.